The maximum Gasteiger partial charge on any atom is 0.310 e. The summed E-state index contributed by atoms with van der Waals surface area (Å²) in [5.74, 6) is 0.0640. The molecular formula is C13H20N2O4S. The molecule has 0 saturated carbocycles. The van der Waals surface area contributed by atoms with Gasteiger partial charge in [0.1, 0.15) is 0 Å². The van der Waals surface area contributed by atoms with Gasteiger partial charge in [-0.3, -0.25) is 9.48 Å². The Kier molecular flexibility index (Phi) is 4.17. The first kappa shape index (κ1) is 15.0. The Bertz CT molecular complexity index is 619. The average Bonchev–Trinajstić information content (AvgIpc) is 2.84. The van der Waals surface area contributed by atoms with E-state index in [0.29, 0.717) is 13.0 Å². The number of esters is 1. The molecule has 1 atom stereocenters. The van der Waals surface area contributed by atoms with E-state index < -0.39 is 9.84 Å². The largest absolute Gasteiger partial charge is 0.466 e. The number of hydrogen-bond acceptors (Lipinski definition) is 5. The van der Waals surface area contributed by atoms with E-state index in [1.54, 1.807) is 11.6 Å². The van der Waals surface area contributed by atoms with E-state index in [1.807, 2.05) is 13.8 Å². The summed E-state index contributed by atoms with van der Waals surface area (Å²) in [5.41, 5.74) is 2.46. The Hall–Kier alpha value is -1.37. The molecule has 1 aliphatic rings. The molecule has 0 bridgehead atoms. The Morgan fingerprint density at radius 1 is 1.45 bits per heavy atom. The van der Waals surface area contributed by atoms with E-state index in [9.17, 15) is 13.2 Å². The quantitative estimate of drug-likeness (QED) is 0.774. The molecule has 1 aliphatic heterocycles. The fourth-order valence-electron chi connectivity index (χ4n) is 2.63. The number of rotatable bonds is 4. The molecule has 1 fully saturated rings. The minimum Gasteiger partial charge on any atom is -0.466 e. The molecule has 7 heteroatoms. The van der Waals surface area contributed by atoms with Crippen molar-refractivity contribution >= 4 is 15.8 Å². The van der Waals surface area contributed by atoms with Crippen molar-refractivity contribution in [1.29, 1.82) is 0 Å². The van der Waals surface area contributed by atoms with E-state index >= 15 is 0 Å². The first-order valence-corrected chi connectivity index (χ1v) is 8.57. The molecule has 0 aromatic carbocycles. The van der Waals surface area contributed by atoms with E-state index in [0.717, 1.165) is 17.0 Å². The zero-order chi connectivity index (χ0) is 14.9. The molecular weight excluding hydrogens is 280 g/mol. The zero-order valence-corrected chi connectivity index (χ0v) is 12.9. The molecule has 112 valence electrons. The molecule has 2 rings (SSSR count). The van der Waals surface area contributed by atoms with Gasteiger partial charge in [0.25, 0.3) is 0 Å². The summed E-state index contributed by atoms with van der Waals surface area (Å²) in [6.07, 6.45) is 0.772. The molecule has 0 amide bonds. The van der Waals surface area contributed by atoms with Gasteiger partial charge in [-0.2, -0.15) is 5.10 Å². The van der Waals surface area contributed by atoms with Crippen LogP contribution in [0.4, 0.5) is 0 Å². The van der Waals surface area contributed by atoms with Crippen LogP contribution in [0.25, 0.3) is 0 Å². The monoisotopic (exact) mass is 300 g/mol. The lowest BCUT2D eigenvalue weighted by Crippen LogP contribution is -2.14. The topological polar surface area (TPSA) is 78.3 Å². The molecule has 1 unspecified atom stereocenters. The maximum absolute atomic E-state index is 11.6. The van der Waals surface area contributed by atoms with E-state index in [-0.39, 0.29) is 29.9 Å². The molecule has 2 heterocycles. The van der Waals surface area contributed by atoms with Gasteiger partial charge in [0.2, 0.25) is 0 Å². The fraction of sp³-hybridized carbons (Fsp3) is 0.692. The number of hydrogen-bond donors (Lipinski definition) is 0. The summed E-state index contributed by atoms with van der Waals surface area (Å²) in [6, 6.07) is -0.116. The van der Waals surface area contributed by atoms with Gasteiger partial charge in [0.05, 0.1) is 36.3 Å². The Balaban J connectivity index is 2.23. The Morgan fingerprint density at radius 3 is 2.70 bits per heavy atom. The number of sulfone groups is 1. The smallest absolute Gasteiger partial charge is 0.310 e. The lowest BCUT2D eigenvalue weighted by atomic mass is 10.1. The van der Waals surface area contributed by atoms with Crippen molar-refractivity contribution in [3.8, 4) is 0 Å². The predicted molar refractivity (Wildman–Crippen MR) is 74.3 cm³/mol. The third-order valence-electron chi connectivity index (χ3n) is 3.66. The van der Waals surface area contributed by atoms with Crippen LogP contribution in [0.5, 0.6) is 0 Å². The maximum atomic E-state index is 11.6. The van der Waals surface area contributed by atoms with Crippen LogP contribution in [0.2, 0.25) is 0 Å². The summed E-state index contributed by atoms with van der Waals surface area (Å²) in [7, 11) is -2.95. The van der Waals surface area contributed by atoms with Crippen molar-refractivity contribution in [2.45, 2.75) is 39.7 Å². The van der Waals surface area contributed by atoms with E-state index in [4.69, 9.17) is 4.74 Å². The van der Waals surface area contributed by atoms with Gasteiger partial charge in [-0.25, -0.2) is 8.42 Å². The van der Waals surface area contributed by atoms with Gasteiger partial charge in [-0.1, -0.05) is 0 Å². The van der Waals surface area contributed by atoms with Crippen molar-refractivity contribution < 1.29 is 17.9 Å². The van der Waals surface area contributed by atoms with Gasteiger partial charge in [-0.15, -0.1) is 0 Å². The molecule has 0 aliphatic carbocycles. The minimum atomic E-state index is -2.95. The van der Waals surface area contributed by atoms with Crippen LogP contribution >= 0.6 is 0 Å². The second-order valence-corrected chi connectivity index (χ2v) is 7.36. The highest BCUT2D eigenvalue weighted by atomic mass is 32.2. The third kappa shape index (κ3) is 3.03. The number of aromatic nitrogens is 2. The second kappa shape index (κ2) is 5.55. The second-order valence-electron chi connectivity index (χ2n) is 5.13. The Labute approximate surface area is 119 Å². The summed E-state index contributed by atoms with van der Waals surface area (Å²) < 4.78 is 29.8. The molecule has 20 heavy (non-hydrogen) atoms. The van der Waals surface area contributed by atoms with Gasteiger partial charge in [0.15, 0.2) is 9.84 Å². The molecule has 1 saturated heterocycles. The highest BCUT2D eigenvalue weighted by Crippen LogP contribution is 2.27. The highest BCUT2D eigenvalue weighted by Gasteiger charge is 2.31. The van der Waals surface area contributed by atoms with Crippen LogP contribution in [0, 0.1) is 13.8 Å². The first-order valence-electron chi connectivity index (χ1n) is 6.74. The molecule has 1 aromatic heterocycles. The SMILES string of the molecule is CCOC(=O)Cc1c(C)nn(C2CCS(=O)(=O)C2)c1C. The normalized spacial score (nSPS) is 21.1. The van der Waals surface area contributed by atoms with Crippen molar-refractivity contribution in [2.24, 2.45) is 0 Å². The predicted octanol–water partition coefficient (Wildman–Crippen LogP) is 0.965. The summed E-state index contributed by atoms with van der Waals surface area (Å²) in [4.78, 5) is 11.6. The summed E-state index contributed by atoms with van der Waals surface area (Å²) >= 11 is 0. The third-order valence-corrected chi connectivity index (χ3v) is 5.41. The van der Waals surface area contributed by atoms with Gasteiger partial charge >= 0.3 is 5.97 Å². The first-order chi connectivity index (χ1) is 9.34. The molecule has 6 nitrogen and oxygen atoms in total. The number of carbonyl (C=O) groups excluding carboxylic acids is 1. The van der Waals surface area contributed by atoms with E-state index in [1.165, 1.54) is 0 Å². The average molecular weight is 300 g/mol. The van der Waals surface area contributed by atoms with Crippen LogP contribution in [-0.4, -0.2) is 42.3 Å². The van der Waals surface area contributed by atoms with Crippen molar-refractivity contribution in [2.75, 3.05) is 18.1 Å². The fourth-order valence-corrected chi connectivity index (χ4v) is 4.32. The van der Waals surface area contributed by atoms with Gasteiger partial charge < -0.3 is 4.74 Å². The number of carbonyl (C=O) groups is 1. The van der Waals surface area contributed by atoms with Crippen molar-refractivity contribution in [3.05, 3.63) is 17.0 Å². The lowest BCUT2D eigenvalue weighted by molar-refractivity contribution is -0.142. The minimum absolute atomic E-state index is 0.116. The van der Waals surface area contributed by atoms with Gasteiger partial charge in [0, 0.05) is 11.3 Å². The van der Waals surface area contributed by atoms with Crippen LogP contribution in [0.3, 0.4) is 0 Å². The number of nitrogens with zero attached hydrogens (tertiary/aromatic N) is 2. The number of ether oxygens (including phenoxy) is 1. The van der Waals surface area contributed by atoms with Gasteiger partial charge in [-0.05, 0) is 27.2 Å². The van der Waals surface area contributed by atoms with Crippen LogP contribution in [0.1, 0.15) is 36.3 Å². The summed E-state index contributed by atoms with van der Waals surface area (Å²) in [5, 5.41) is 4.42. The standard InChI is InChI=1S/C13H20N2O4S/c1-4-19-13(16)7-12-9(2)14-15(10(12)3)11-5-6-20(17,18)8-11/h11H,4-8H2,1-3H3. The van der Waals surface area contributed by atoms with Crippen molar-refractivity contribution in [1.82, 2.24) is 9.78 Å². The van der Waals surface area contributed by atoms with Crippen LogP contribution in [0.15, 0.2) is 0 Å². The molecule has 0 radical (unpaired) electrons. The zero-order valence-electron chi connectivity index (χ0n) is 12.0. The lowest BCUT2D eigenvalue weighted by Gasteiger charge is -2.11. The molecule has 0 N–H and O–H groups in total. The van der Waals surface area contributed by atoms with Crippen molar-refractivity contribution in [3.63, 3.8) is 0 Å². The van der Waals surface area contributed by atoms with E-state index in [2.05, 4.69) is 5.10 Å². The van der Waals surface area contributed by atoms with Crippen LogP contribution in [-0.2, 0) is 25.8 Å². The molecule has 0 spiro atoms. The van der Waals surface area contributed by atoms with Crippen LogP contribution < -0.4 is 0 Å². The number of aryl methyl sites for hydroxylation is 1. The Morgan fingerprint density at radius 2 is 2.15 bits per heavy atom. The molecule has 1 aromatic rings. The summed E-state index contributed by atoms with van der Waals surface area (Å²) in [6.45, 7) is 5.83. The highest BCUT2D eigenvalue weighted by molar-refractivity contribution is 7.91.